The molecule has 0 spiro atoms. The number of ether oxygens (including phenoxy) is 1. The normalized spacial score (nSPS) is 11.6. The Morgan fingerprint density at radius 2 is 1.85 bits per heavy atom. The summed E-state index contributed by atoms with van der Waals surface area (Å²) in [6.45, 7) is 2.94. The minimum absolute atomic E-state index is 0. The van der Waals surface area contributed by atoms with E-state index < -0.39 is 0 Å². The Bertz CT molecular complexity index is 533. The molecular formula is C16H19BrClNO. The lowest BCUT2D eigenvalue weighted by atomic mass is 10.1. The van der Waals surface area contributed by atoms with E-state index in [0.29, 0.717) is 6.04 Å². The van der Waals surface area contributed by atoms with Crippen molar-refractivity contribution in [1.82, 2.24) is 5.32 Å². The van der Waals surface area contributed by atoms with Gasteiger partial charge in [-0.1, -0.05) is 46.3 Å². The van der Waals surface area contributed by atoms with E-state index in [9.17, 15) is 0 Å². The molecule has 4 heteroatoms. The summed E-state index contributed by atoms with van der Waals surface area (Å²) in [5.41, 5.74) is 2.44. The van der Waals surface area contributed by atoms with E-state index in [2.05, 4.69) is 58.5 Å². The molecule has 1 unspecified atom stereocenters. The van der Waals surface area contributed by atoms with Crippen LogP contribution in [0.2, 0.25) is 0 Å². The summed E-state index contributed by atoms with van der Waals surface area (Å²) in [4.78, 5) is 0. The SMILES string of the molecule is COc1ccc(Br)cc1CNC(C)c1ccccc1.Cl. The first-order chi connectivity index (χ1) is 9.20. The average molecular weight is 357 g/mol. The third-order valence-corrected chi connectivity index (χ3v) is 3.63. The van der Waals surface area contributed by atoms with Gasteiger partial charge in [0.1, 0.15) is 5.75 Å². The lowest BCUT2D eigenvalue weighted by molar-refractivity contribution is 0.406. The van der Waals surface area contributed by atoms with Gasteiger partial charge >= 0.3 is 0 Å². The maximum Gasteiger partial charge on any atom is 0.123 e. The lowest BCUT2D eigenvalue weighted by Gasteiger charge is -2.16. The van der Waals surface area contributed by atoms with Gasteiger partial charge in [0.2, 0.25) is 0 Å². The number of hydrogen-bond acceptors (Lipinski definition) is 2. The van der Waals surface area contributed by atoms with Crippen LogP contribution in [0, 0.1) is 0 Å². The molecule has 0 radical (unpaired) electrons. The number of halogens is 2. The summed E-state index contributed by atoms with van der Waals surface area (Å²) in [6.07, 6.45) is 0. The number of nitrogens with one attached hydrogen (secondary N) is 1. The molecule has 2 aromatic carbocycles. The van der Waals surface area contributed by atoms with E-state index in [1.54, 1.807) is 7.11 Å². The van der Waals surface area contributed by atoms with E-state index in [-0.39, 0.29) is 12.4 Å². The molecular weight excluding hydrogens is 338 g/mol. The Hall–Kier alpha value is -1.03. The second-order valence-corrected chi connectivity index (χ2v) is 5.39. The summed E-state index contributed by atoms with van der Waals surface area (Å²) >= 11 is 3.49. The molecule has 2 rings (SSSR count). The molecule has 108 valence electrons. The second-order valence-electron chi connectivity index (χ2n) is 4.47. The van der Waals surface area contributed by atoms with Crippen molar-refractivity contribution in [1.29, 1.82) is 0 Å². The standard InChI is InChI=1S/C16H18BrNO.ClH/c1-12(13-6-4-3-5-7-13)18-11-14-10-15(17)8-9-16(14)19-2;/h3-10,12,18H,11H2,1-2H3;1H. The highest BCUT2D eigenvalue weighted by Crippen LogP contribution is 2.23. The number of rotatable bonds is 5. The monoisotopic (exact) mass is 355 g/mol. The zero-order chi connectivity index (χ0) is 13.7. The highest BCUT2D eigenvalue weighted by Gasteiger charge is 2.07. The summed E-state index contributed by atoms with van der Waals surface area (Å²) < 4.78 is 6.44. The average Bonchev–Trinajstić information content (AvgIpc) is 2.46. The molecule has 1 atom stereocenters. The molecule has 0 aliphatic heterocycles. The largest absolute Gasteiger partial charge is 0.496 e. The van der Waals surface area contributed by atoms with Gasteiger partial charge in [-0.05, 0) is 30.7 Å². The van der Waals surface area contributed by atoms with Crippen molar-refractivity contribution in [2.24, 2.45) is 0 Å². The summed E-state index contributed by atoms with van der Waals surface area (Å²) in [5.74, 6) is 0.913. The van der Waals surface area contributed by atoms with E-state index in [1.165, 1.54) is 5.56 Å². The van der Waals surface area contributed by atoms with Gasteiger partial charge in [0.05, 0.1) is 7.11 Å². The fourth-order valence-corrected chi connectivity index (χ4v) is 2.42. The van der Waals surface area contributed by atoms with Gasteiger partial charge in [0.25, 0.3) is 0 Å². The molecule has 0 aromatic heterocycles. The molecule has 0 aliphatic rings. The van der Waals surface area contributed by atoms with Crippen LogP contribution < -0.4 is 10.1 Å². The van der Waals surface area contributed by atoms with Gasteiger partial charge in [-0.15, -0.1) is 12.4 Å². The minimum atomic E-state index is 0. The molecule has 0 saturated carbocycles. The third kappa shape index (κ3) is 4.51. The van der Waals surface area contributed by atoms with Gasteiger partial charge in [-0.3, -0.25) is 0 Å². The van der Waals surface area contributed by atoms with Crippen molar-refractivity contribution in [3.63, 3.8) is 0 Å². The van der Waals surface area contributed by atoms with E-state index in [1.807, 2.05) is 18.2 Å². The van der Waals surface area contributed by atoms with Crippen LogP contribution in [-0.4, -0.2) is 7.11 Å². The lowest BCUT2D eigenvalue weighted by Crippen LogP contribution is -2.18. The van der Waals surface area contributed by atoms with Gasteiger partial charge in [-0.25, -0.2) is 0 Å². The van der Waals surface area contributed by atoms with Crippen LogP contribution in [0.4, 0.5) is 0 Å². The topological polar surface area (TPSA) is 21.3 Å². The Kier molecular flexibility index (Phi) is 7.06. The first kappa shape index (κ1) is 17.0. The highest BCUT2D eigenvalue weighted by molar-refractivity contribution is 9.10. The zero-order valence-electron chi connectivity index (χ0n) is 11.6. The van der Waals surface area contributed by atoms with Crippen LogP contribution in [0.25, 0.3) is 0 Å². The Morgan fingerprint density at radius 1 is 1.15 bits per heavy atom. The maximum absolute atomic E-state index is 5.38. The van der Waals surface area contributed by atoms with Crippen molar-refractivity contribution >= 4 is 28.3 Å². The Labute approximate surface area is 135 Å². The van der Waals surface area contributed by atoms with Gasteiger partial charge in [-0.2, -0.15) is 0 Å². The van der Waals surface area contributed by atoms with Crippen LogP contribution >= 0.6 is 28.3 Å². The van der Waals surface area contributed by atoms with Crippen LogP contribution in [0.3, 0.4) is 0 Å². The van der Waals surface area contributed by atoms with Crippen molar-refractivity contribution in [3.8, 4) is 5.75 Å². The fraction of sp³-hybridized carbons (Fsp3) is 0.250. The fourth-order valence-electron chi connectivity index (χ4n) is 2.01. The van der Waals surface area contributed by atoms with Crippen molar-refractivity contribution in [3.05, 3.63) is 64.1 Å². The van der Waals surface area contributed by atoms with Gasteiger partial charge in [0.15, 0.2) is 0 Å². The minimum Gasteiger partial charge on any atom is -0.496 e. The van der Waals surface area contributed by atoms with Crippen molar-refractivity contribution in [2.75, 3.05) is 7.11 Å². The van der Waals surface area contributed by atoms with Crippen LogP contribution in [0.15, 0.2) is 53.0 Å². The molecule has 0 saturated heterocycles. The maximum atomic E-state index is 5.38. The molecule has 20 heavy (non-hydrogen) atoms. The molecule has 2 nitrogen and oxygen atoms in total. The molecule has 0 heterocycles. The summed E-state index contributed by atoms with van der Waals surface area (Å²) in [7, 11) is 1.70. The highest BCUT2D eigenvalue weighted by atomic mass is 79.9. The molecule has 0 amide bonds. The number of hydrogen-bond donors (Lipinski definition) is 1. The van der Waals surface area contributed by atoms with Crippen molar-refractivity contribution < 1.29 is 4.74 Å². The third-order valence-electron chi connectivity index (χ3n) is 3.14. The number of methoxy groups -OCH3 is 1. The van der Waals surface area contributed by atoms with Crippen LogP contribution in [0.5, 0.6) is 5.75 Å². The first-order valence-corrected chi connectivity index (χ1v) is 7.10. The summed E-state index contributed by atoms with van der Waals surface area (Å²) in [5, 5.41) is 3.52. The van der Waals surface area contributed by atoms with Crippen molar-refractivity contribution in [2.45, 2.75) is 19.5 Å². The smallest absolute Gasteiger partial charge is 0.123 e. The van der Waals surface area contributed by atoms with E-state index >= 15 is 0 Å². The molecule has 2 aromatic rings. The molecule has 0 bridgehead atoms. The van der Waals surface area contributed by atoms with Gasteiger partial charge < -0.3 is 10.1 Å². The Balaban J connectivity index is 0.00000200. The quantitative estimate of drug-likeness (QED) is 0.836. The molecule has 1 N–H and O–H groups in total. The van der Waals surface area contributed by atoms with Gasteiger partial charge in [0, 0.05) is 22.6 Å². The predicted octanol–water partition coefficient (Wildman–Crippen LogP) is 4.73. The van der Waals surface area contributed by atoms with Crippen LogP contribution in [-0.2, 0) is 6.54 Å². The van der Waals surface area contributed by atoms with Crippen LogP contribution in [0.1, 0.15) is 24.1 Å². The zero-order valence-corrected chi connectivity index (χ0v) is 14.0. The summed E-state index contributed by atoms with van der Waals surface area (Å²) in [6, 6.07) is 16.8. The second kappa shape index (κ2) is 8.30. The molecule has 0 fully saturated rings. The van der Waals surface area contributed by atoms with E-state index in [0.717, 1.165) is 22.3 Å². The molecule has 0 aliphatic carbocycles. The van der Waals surface area contributed by atoms with E-state index in [4.69, 9.17) is 4.74 Å². The predicted molar refractivity (Wildman–Crippen MR) is 89.6 cm³/mol. The number of benzene rings is 2. The Morgan fingerprint density at radius 3 is 2.50 bits per heavy atom. The first-order valence-electron chi connectivity index (χ1n) is 6.31.